The highest BCUT2D eigenvalue weighted by atomic mass is 32.1. The number of hydrogen-bond acceptors (Lipinski definition) is 6. The third kappa shape index (κ3) is 2.05. The summed E-state index contributed by atoms with van der Waals surface area (Å²) in [5.74, 6) is 1.08. The summed E-state index contributed by atoms with van der Waals surface area (Å²) in [6.07, 6.45) is 4.09. The Morgan fingerprint density at radius 1 is 1.42 bits per heavy atom. The second-order valence-electron chi connectivity index (χ2n) is 4.60. The molecule has 0 atom stereocenters. The van der Waals surface area contributed by atoms with Crippen molar-refractivity contribution in [3.8, 4) is 16.8 Å². The molecule has 0 saturated heterocycles. The Bertz CT molecular complexity index is 620. The van der Waals surface area contributed by atoms with Crippen molar-refractivity contribution in [1.82, 2.24) is 10.1 Å². The molecule has 0 N–H and O–H groups in total. The van der Waals surface area contributed by atoms with E-state index in [4.69, 9.17) is 14.5 Å². The second kappa shape index (κ2) is 4.76. The molecule has 0 unspecified atom stereocenters. The summed E-state index contributed by atoms with van der Waals surface area (Å²) in [5.41, 5.74) is -0.392. The minimum atomic E-state index is -0.392. The van der Waals surface area contributed by atoms with Gasteiger partial charge in [-0.05, 0) is 37.8 Å². The molecule has 2 heterocycles. The molecule has 0 spiro atoms. The van der Waals surface area contributed by atoms with Crippen LogP contribution in [0.2, 0.25) is 0 Å². The van der Waals surface area contributed by atoms with Crippen LogP contribution in [0.15, 0.2) is 16.7 Å². The van der Waals surface area contributed by atoms with Crippen LogP contribution in [0, 0.1) is 11.3 Å². The molecule has 0 aromatic carbocycles. The van der Waals surface area contributed by atoms with E-state index in [1.807, 2.05) is 6.07 Å². The summed E-state index contributed by atoms with van der Waals surface area (Å²) in [4.78, 5) is 5.91. The largest absolute Gasteiger partial charge is 0.370 e. The minimum Gasteiger partial charge on any atom is -0.370 e. The number of methoxy groups -OCH3 is 1. The molecule has 1 fully saturated rings. The smallest absolute Gasteiger partial charge is 0.268 e. The average Bonchev–Trinajstić information content (AvgIpc) is 3.17. The zero-order valence-corrected chi connectivity index (χ0v) is 11.4. The van der Waals surface area contributed by atoms with Crippen molar-refractivity contribution >= 4 is 11.3 Å². The fourth-order valence-corrected chi connectivity index (χ4v) is 3.21. The maximum Gasteiger partial charge on any atom is 0.268 e. The molecule has 3 rings (SSSR count). The van der Waals surface area contributed by atoms with Gasteiger partial charge in [-0.25, -0.2) is 0 Å². The number of nitrogens with zero attached hydrogens (tertiary/aromatic N) is 3. The SMILES string of the molecule is COC1(c2noc(-c3ccc(C#N)s3)n2)CCCC1. The summed E-state index contributed by atoms with van der Waals surface area (Å²) in [6, 6.07) is 5.69. The minimum absolute atomic E-state index is 0.392. The van der Waals surface area contributed by atoms with Gasteiger partial charge in [0, 0.05) is 7.11 Å². The highest BCUT2D eigenvalue weighted by Gasteiger charge is 2.40. The van der Waals surface area contributed by atoms with E-state index in [1.54, 1.807) is 13.2 Å². The number of thiophene rings is 1. The van der Waals surface area contributed by atoms with Crippen LogP contribution < -0.4 is 0 Å². The van der Waals surface area contributed by atoms with Crippen molar-refractivity contribution < 1.29 is 9.26 Å². The zero-order chi connectivity index (χ0) is 13.3. The van der Waals surface area contributed by atoms with Gasteiger partial charge >= 0.3 is 0 Å². The molecule has 5 nitrogen and oxygen atoms in total. The Morgan fingerprint density at radius 3 is 2.84 bits per heavy atom. The van der Waals surface area contributed by atoms with Crippen molar-refractivity contribution in [2.75, 3.05) is 7.11 Å². The van der Waals surface area contributed by atoms with E-state index in [-0.39, 0.29) is 0 Å². The Kier molecular flexibility index (Phi) is 3.09. The monoisotopic (exact) mass is 275 g/mol. The van der Waals surface area contributed by atoms with Crippen molar-refractivity contribution in [2.24, 2.45) is 0 Å². The van der Waals surface area contributed by atoms with Crippen LogP contribution in [0.25, 0.3) is 10.8 Å². The van der Waals surface area contributed by atoms with Gasteiger partial charge in [0.25, 0.3) is 5.89 Å². The van der Waals surface area contributed by atoms with Gasteiger partial charge in [-0.3, -0.25) is 0 Å². The summed E-state index contributed by atoms with van der Waals surface area (Å²) >= 11 is 1.35. The molecule has 2 aromatic heterocycles. The van der Waals surface area contributed by atoms with Gasteiger partial charge in [-0.2, -0.15) is 10.2 Å². The number of aromatic nitrogens is 2. The maximum absolute atomic E-state index is 8.83. The lowest BCUT2D eigenvalue weighted by molar-refractivity contribution is -0.0178. The molecule has 0 bridgehead atoms. The highest BCUT2D eigenvalue weighted by molar-refractivity contribution is 7.15. The first-order valence-electron chi connectivity index (χ1n) is 6.17. The van der Waals surface area contributed by atoms with E-state index in [1.165, 1.54) is 11.3 Å². The van der Waals surface area contributed by atoms with Crippen molar-refractivity contribution in [3.63, 3.8) is 0 Å². The summed E-state index contributed by atoms with van der Waals surface area (Å²) in [5, 5.41) is 12.9. The van der Waals surface area contributed by atoms with E-state index in [2.05, 4.69) is 16.2 Å². The first-order chi connectivity index (χ1) is 9.27. The fraction of sp³-hybridized carbons (Fsp3) is 0.462. The van der Waals surface area contributed by atoms with Crippen LogP contribution in [-0.4, -0.2) is 17.3 Å². The van der Waals surface area contributed by atoms with Crippen molar-refractivity contribution in [1.29, 1.82) is 5.26 Å². The Hall–Kier alpha value is -1.71. The van der Waals surface area contributed by atoms with Gasteiger partial charge in [-0.1, -0.05) is 5.16 Å². The van der Waals surface area contributed by atoms with Gasteiger partial charge < -0.3 is 9.26 Å². The molecule has 1 aliphatic rings. The molecule has 98 valence electrons. The van der Waals surface area contributed by atoms with Crippen molar-refractivity contribution in [3.05, 3.63) is 22.8 Å². The second-order valence-corrected chi connectivity index (χ2v) is 5.69. The van der Waals surface area contributed by atoms with Gasteiger partial charge in [-0.15, -0.1) is 11.3 Å². The topological polar surface area (TPSA) is 71.9 Å². The van der Waals surface area contributed by atoms with Crippen molar-refractivity contribution in [2.45, 2.75) is 31.3 Å². The highest BCUT2D eigenvalue weighted by Crippen LogP contribution is 2.41. The normalized spacial score (nSPS) is 17.5. The van der Waals surface area contributed by atoms with Gasteiger partial charge in [0.2, 0.25) is 5.82 Å². The van der Waals surface area contributed by atoms with Gasteiger partial charge in [0.15, 0.2) is 0 Å². The number of nitriles is 1. The average molecular weight is 275 g/mol. The lowest BCUT2D eigenvalue weighted by Gasteiger charge is -2.22. The fourth-order valence-electron chi connectivity index (χ4n) is 2.49. The van der Waals surface area contributed by atoms with E-state index in [9.17, 15) is 0 Å². The van der Waals surface area contributed by atoms with E-state index in [0.717, 1.165) is 30.6 Å². The summed E-state index contributed by atoms with van der Waals surface area (Å²) < 4.78 is 10.9. The van der Waals surface area contributed by atoms with Crippen LogP contribution in [0.3, 0.4) is 0 Å². The van der Waals surface area contributed by atoms with E-state index < -0.39 is 5.60 Å². The van der Waals surface area contributed by atoms with E-state index in [0.29, 0.717) is 16.6 Å². The molecule has 19 heavy (non-hydrogen) atoms. The molecular weight excluding hydrogens is 262 g/mol. The number of rotatable bonds is 3. The first-order valence-corrected chi connectivity index (χ1v) is 6.99. The van der Waals surface area contributed by atoms with Crippen LogP contribution in [-0.2, 0) is 10.3 Å². The maximum atomic E-state index is 8.83. The molecular formula is C13H13N3O2S. The molecule has 0 amide bonds. The molecule has 1 saturated carbocycles. The predicted molar refractivity (Wildman–Crippen MR) is 69.5 cm³/mol. The Balaban J connectivity index is 1.93. The molecule has 0 aliphatic heterocycles. The lowest BCUT2D eigenvalue weighted by Crippen LogP contribution is -2.25. The zero-order valence-electron chi connectivity index (χ0n) is 10.5. The summed E-state index contributed by atoms with van der Waals surface area (Å²) in [6.45, 7) is 0. The Morgan fingerprint density at radius 2 is 2.21 bits per heavy atom. The third-order valence-corrected chi connectivity index (χ3v) is 4.54. The first kappa shape index (κ1) is 12.3. The predicted octanol–water partition coefficient (Wildman–Crippen LogP) is 3.09. The number of hydrogen-bond donors (Lipinski definition) is 0. The molecule has 6 heteroatoms. The Labute approximate surface area is 114 Å². The van der Waals surface area contributed by atoms with Gasteiger partial charge in [0.05, 0.1) is 4.88 Å². The van der Waals surface area contributed by atoms with Crippen LogP contribution in [0.1, 0.15) is 36.4 Å². The summed E-state index contributed by atoms with van der Waals surface area (Å²) in [7, 11) is 1.69. The molecule has 2 aromatic rings. The number of ether oxygens (including phenoxy) is 1. The lowest BCUT2D eigenvalue weighted by atomic mass is 10.0. The molecule has 0 radical (unpaired) electrons. The van der Waals surface area contributed by atoms with Gasteiger partial charge in [0.1, 0.15) is 16.5 Å². The third-order valence-electron chi connectivity index (χ3n) is 3.56. The standard InChI is InChI=1S/C13H13N3O2S/c1-17-13(6-2-3-7-13)12-15-11(18-16-12)10-5-4-9(8-14)19-10/h4-5H,2-3,6-7H2,1H3. The van der Waals surface area contributed by atoms with E-state index >= 15 is 0 Å². The quantitative estimate of drug-likeness (QED) is 0.860. The van der Waals surface area contributed by atoms with Crippen LogP contribution in [0.5, 0.6) is 0 Å². The van der Waals surface area contributed by atoms with Crippen LogP contribution >= 0.6 is 11.3 Å². The molecule has 1 aliphatic carbocycles. The van der Waals surface area contributed by atoms with Crippen LogP contribution in [0.4, 0.5) is 0 Å².